The summed E-state index contributed by atoms with van der Waals surface area (Å²) in [4.78, 5) is 4.43. The summed E-state index contributed by atoms with van der Waals surface area (Å²) in [6.07, 6.45) is 0.0918. The smallest absolute Gasteiger partial charge is 0.0897 e. The molecule has 102 valence electrons. The molecule has 0 aliphatic carbocycles. The fourth-order valence-electron chi connectivity index (χ4n) is 2.28. The summed E-state index contributed by atoms with van der Waals surface area (Å²) >= 11 is 1.63. The largest absolute Gasteiger partial charge is 0.388 e. The average Bonchev–Trinajstić information content (AvgIpc) is 2.73. The van der Waals surface area contributed by atoms with Gasteiger partial charge in [0.15, 0.2) is 0 Å². The van der Waals surface area contributed by atoms with Crippen LogP contribution in [0, 0.1) is 6.92 Å². The SMILES string of the molecule is Cc1nc(CC(O)c2ccccc2C(C)(C)C)cs1. The molecule has 1 aromatic heterocycles. The third-order valence-electron chi connectivity index (χ3n) is 3.20. The van der Waals surface area contributed by atoms with E-state index in [1.165, 1.54) is 5.56 Å². The summed E-state index contributed by atoms with van der Waals surface area (Å²) in [6.45, 7) is 8.51. The van der Waals surface area contributed by atoms with Crippen molar-refractivity contribution < 1.29 is 5.11 Å². The van der Waals surface area contributed by atoms with Gasteiger partial charge in [-0.2, -0.15) is 0 Å². The molecule has 0 fully saturated rings. The molecule has 1 heterocycles. The van der Waals surface area contributed by atoms with Gasteiger partial charge in [0.1, 0.15) is 0 Å². The first-order valence-corrected chi connectivity index (χ1v) is 7.44. The molecule has 2 aromatic rings. The standard InChI is InChI=1S/C16H21NOS/c1-11-17-12(10-19-11)9-15(18)13-7-5-6-8-14(13)16(2,3)4/h5-8,10,15,18H,9H2,1-4H3. The summed E-state index contributed by atoms with van der Waals surface area (Å²) in [5.74, 6) is 0. The molecule has 1 unspecified atom stereocenters. The first-order chi connectivity index (χ1) is 8.88. The van der Waals surface area contributed by atoms with Crippen LogP contribution in [0.15, 0.2) is 29.6 Å². The summed E-state index contributed by atoms with van der Waals surface area (Å²) in [7, 11) is 0. The van der Waals surface area contributed by atoms with Crippen molar-refractivity contribution in [1.82, 2.24) is 4.98 Å². The molecular weight excluding hydrogens is 254 g/mol. The maximum absolute atomic E-state index is 10.5. The number of rotatable bonds is 3. The van der Waals surface area contributed by atoms with Crippen molar-refractivity contribution in [3.8, 4) is 0 Å². The minimum absolute atomic E-state index is 0.0373. The number of nitrogens with zero attached hydrogens (tertiary/aromatic N) is 1. The Hall–Kier alpha value is -1.19. The fourth-order valence-corrected chi connectivity index (χ4v) is 2.91. The second-order valence-electron chi connectivity index (χ2n) is 5.92. The van der Waals surface area contributed by atoms with Gasteiger partial charge in [0.05, 0.1) is 16.8 Å². The highest BCUT2D eigenvalue weighted by Crippen LogP contribution is 2.31. The van der Waals surface area contributed by atoms with Gasteiger partial charge >= 0.3 is 0 Å². The van der Waals surface area contributed by atoms with E-state index >= 15 is 0 Å². The van der Waals surface area contributed by atoms with Crippen molar-refractivity contribution in [3.05, 3.63) is 51.5 Å². The minimum Gasteiger partial charge on any atom is -0.388 e. The van der Waals surface area contributed by atoms with Gasteiger partial charge in [-0.05, 0) is 23.5 Å². The van der Waals surface area contributed by atoms with Gasteiger partial charge in [0.2, 0.25) is 0 Å². The second kappa shape index (κ2) is 5.43. The molecule has 0 bridgehead atoms. The second-order valence-corrected chi connectivity index (χ2v) is 6.98. The number of thiazole rings is 1. The van der Waals surface area contributed by atoms with Crippen LogP contribution >= 0.6 is 11.3 Å². The normalized spacial score (nSPS) is 13.5. The molecule has 0 saturated heterocycles. The van der Waals surface area contributed by atoms with E-state index in [0.717, 1.165) is 16.3 Å². The number of benzene rings is 1. The van der Waals surface area contributed by atoms with E-state index < -0.39 is 6.10 Å². The lowest BCUT2D eigenvalue weighted by atomic mass is 9.82. The van der Waals surface area contributed by atoms with E-state index in [4.69, 9.17) is 0 Å². The van der Waals surface area contributed by atoms with Crippen LogP contribution < -0.4 is 0 Å². The van der Waals surface area contributed by atoms with Gasteiger partial charge in [0.25, 0.3) is 0 Å². The Bertz CT molecular complexity index is 554. The number of aromatic nitrogens is 1. The van der Waals surface area contributed by atoms with Crippen LogP contribution in [-0.2, 0) is 11.8 Å². The van der Waals surface area contributed by atoms with Crippen LogP contribution in [0.3, 0.4) is 0 Å². The zero-order valence-corrected chi connectivity index (χ0v) is 12.8. The zero-order chi connectivity index (χ0) is 14.0. The van der Waals surface area contributed by atoms with Crippen molar-refractivity contribution in [1.29, 1.82) is 0 Å². The number of aliphatic hydroxyl groups is 1. The van der Waals surface area contributed by atoms with Crippen LogP contribution in [0.2, 0.25) is 0 Å². The molecule has 1 atom stereocenters. The lowest BCUT2D eigenvalue weighted by molar-refractivity contribution is 0.175. The van der Waals surface area contributed by atoms with E-state index in [1.54, 1.807) is 11.3 Å². The van der Waals surface area contributed by atoms with Gasteiger partial charge in [0, 0.05) is 11.8 Å². The molecule has 0 radical (unpaired) electrons. The van der Waals surface area contributed by atoms with Gasteiger partial charge in [-0.3, -0.25) is 0 Å². The lowest BCUT2D eigenvalue weighted by Gasteiger charge is -2.25. The predicted molar refractivity (Wildman–Crippen MR) is 80.7 cm³/mol. The highest BCUT2D eigenvalue weighted by molar-refractivity contribution is 7.09. The monoisotopic (exact) mass is 275 g/mol. The maximum Gasteiger partial charge on any atom is 0.0897 e. The summed E-state index contributed by atoms with van der Waals surface area (Å²) in [5, 5.41) is 13.6. The maximum atomic E-state index is 10.5. The van der Waals surface area contributed by atoms with Crippen LogP contribution in [0.25, 0.3) is 0 Å². The third-order valence-corrected chi connectivity index (χ3v) is 4.02. The number of hydrogen-bond acceptors (Lipinski definition) is 3. The highest BCUT2D eigenvalue weighted by Gasteiger charge is 2.21. The fraction of sp³-hybridized carbons (Fsp3) is 0.438. The first kappa shape index (κ1) is 14.2. The Morgan fingerprint density at radius 2 is 1.95 bits per heavy atom. The highest BCUT2D eigenvalue weighted by atomic mass is 32.1. The average molecular weight is 275 g/mol. The van der Waals surface area contributed by atoms with Crippen molar-refractivity contribution in [2.75, 3.05) is 0 Å². The Morgan fingerprint density at radius 3 is 2.53 bits per heavy atom. The number of aliphatic hydroxyl groups excluding tert-OH is 1. The first-order valence-electron chi connectivity index (χ1n) is 6.56. The van der Waals surface area contributed by atoms with E-state index in [9.17, 15) is 5.11 Å². The molecule has 2 rings (SSSR count). The Morgan fingerprint density at radius 1 is 1.26 bits per heavy atom. The van der Waals surface area contributed by atoms with Gasteiger partial charge in [-0.25, -0.2) is 4.98 Å². The van der Waals surface area contributed by atoms with Crippen LogP contribution in [0.4, 0.5) is 0 Å². The van der Waals surface area contributed by atoms with Gasteiger partial charge in [-0.15, -0.1) is 11.3 Å². The summed E-state index contributed by atoms with van der Waals surface area (Å²) in [6, 6.07) is 8.14. The summed E-state index contributed by atoms with van der Waals surface area (Å²) in [5.41, 5.74) is 3.23. The molecular formula is C16H21NOS. The molecule has 2 nitrogen and oxygen atoms in total. The number of aryl methyl sites for hydroxylation is 1. The lowest BCUT2D eigenvalue weighted by Crippen LogP contribution is -2.17. The molecule has 0 amide bonds. The molecule has 19 heavy (non-hydrogen) atoms. The van der Waals surface area contributed by atoms with Crippen molar-refractivity contribution in [2.24, 2.45) is 0 Å². The molecule has 0 aliphatic rings. The summed E-state index contributed by atoms with van der Waals surface area (Å²) < 4.78 is 0. The molecule has 1 N–H and O–H groups in total. The molecule has 0 spiro atoms. The zero-order valence-electron chi connectivity index (χ0n) is 12.0. The van der Waals surface area contributed by atoms with E-state index in [2.05, 4.69) is 31.8 Å². The van der Waals surface area contributed by atoms with Crippen molar-refractivity contribution in [3.63, 3.8) is 0 Å². The van der Waals surface area contributed by atoms with E-state index in [1.807, 2.05) is 30.5 Å². The Balaban J connectivity index is 2.26. The van der Waals surface area contributed by atoms with Crippen LogP contribution in [0.1, 0.15) is 48.7 Å². The predicted octanol–water partition coefficient (Wildman–Crippen LogP) is 4.03. The van der Waals surface area contributed by atoms with Crippen molar-refractivity contribution in [2.45, 2.75) is 45.6 Å². The van der Waals surface area contributed by atoms with Crippen LogP contribution in [-0.4, -0.2) is 10.1 Å². The quantitative estimate of drug-likeness (QED) is 0.917. The van der Waals surface area contributed by atoms with Gasteiger partial charge < -0.3 is 5.11 Å². The van der Waals surface area contributed by atoms with Crippen molar-refractivity contribution >= 4 is 11.3 Å². The molecule has 0 saturated carbocycles. The topological polar surface area (TPSA) is 33.1 Å². The third kappa shape index (κ3) is 3.43. The van der Waals surface area contributed by atoms with Crippen LogP contribution in [0.5, 0.6) is 0 Å². The van der Waals surface area contributed by atoms with E-state index in [-0.39, 0.29) is 5.41 Å². The Labute approximate surface area is 119 Å². The molecule has 1 aromatic carbocycles. The van der Waals surface area contributed by atoms with E-state index in [0.29, 0.717) is 6.42 Å². The molecule has 3 heteroatoms. The Kier molecular flexibility index (Phi) is 4.07. The minimum atomic E-state index is -0.489. The van der Waals surface area contributed by atoms with Gasteiger partial charge in [-0.1, -0.05) is 45.0 Å². The molecule has 0 aliphatic heterocycles. The number of hydrogen-bond donors (Lipinski definition) is 1.